The number of likely N-dealkylation sites (tertiary alicyclic amines) is 1. The first-order valence-corrected chi connectivity index (χ1v) is 13.0. The highest BCUT2D eigenvalue weighted by Gasteiger charge is 2.38. The molecule has 0 aliphatic carbocycles. The summed E-state index contributed by atoms with van der Waals surface area (Å²) < 4.78 is 51.7. The molecule has 33 heavy (non-hydrogen) atoms. The predicted octanol–water partition coefficient (Wildman–Crippen LogP) is 3.75. The van der Waals surface area contributed by atoms with Crippen LogP contribution in [0, 0.1) is 11.6 Å². The molecule has 12 heteroatoms. The number of amides is 1. The SMILES string of the molecule is CS(=O)(=O)c1cc(F)c(NC2CCN(C3CCN(c4ncc(Cl)cc4Cl)CC3)C2=O)cc1F. The number of rotatable bonds is 5. The Kier molecular flexibility index (Phi) is 6.70. The van der Waals surface area contributed by atoms with E-state index >= 15 is 0 Å². The van der Waals surface area contributed by atoms with Crippen LogP contribution in [0.1, 0.15) is 19.3 Å². The summed E-state index contributed by atoms with van der Waals surface area (Å²) >= 11 is 12.2. The smallest absolute Gasteiger partial charge is 0.245 e. The average Bonchev–Trinajstić information content (AvgIpc) is 3.10. The van der Waals surface area contributed by atoms with Gasteiger partial charge in [-0.3, -0.25) is 4.79 Å². The lowest BCUT2D eigenvalue weighted by Gasteiger charge is -2.37. The van der Waals surface area contributed by atoms with E-state index in [0.717, 1.165) is 12.3 Å². The molecule has 2 aromatic rings. The fourth-order valence-electron chi connectivity index (χ4n) is 4.34. The van der Waals surface area contributed by atoms with Gasteiger partial charge in [-0.1, -0.05) is 23.2 Å². The number of carbonyl (C=O) groups is 1. The third kappa shape index (κ3) is 5.02. The van der Waals surface area contributed by atoms with Crippen molar-refractivity contribution < 1.29 is 22.0 Å². The van der Waals surface area contributed by atoms with E-state index in [1.165, 1.54) is 0 Å². The topological polar surface area (TPSA) is 82.6 Å². The molecule has 3 heterocycles. The molecular weight excluding hydrogens is 497 g/mol. The lowest BCUT2D eigenvalue weighted by molar-refractivity contribution is -0.130. The molecule has 0 saturated carbocycles. The standard InChI is InChI=1S/C21H22Cl2F2N4O3S/c1-33(31,32)19-10-15(24)18(9-16(19)25)27-17-4-7-29(21(17)30)13-2-5-28(6-3-13)20-14(23)8-12(22)11-26-20/h8-11,13,17,27H,2-7H2,1H3. The van der Waals surface area contributed by atoms with Gasteiger partial charge in [0.2, 0.25) is 5.91 Å². The van der Waals surface area contributed by atoms with Crippen LogP contribution in [0.25, 0.3) is 0 Å². The molecular formula is C21H22Cl2F2N4O3S. The highest BCUT2D eigenvalue weighted by Crippen LogP contribution is 2.31. The average molecular weight is 519 g/mol. The highest BCUT2D eigenvalue weighted by atomic mass is 35.5. The summed E-state index contributed by atoms with van der Waals surface area (Å²) in [7, 11) is -3.90. The number of hydrogen-bond acceptors (Lipinski definition) is 6. The highest BCUT2D eigenvalue weighted by molar-refractivity contribution is 7.90. The van der Waals surface area contributed by atoms with Gasteiger partial charge < -0.3 is 15.1 Å². The molecule has 7 nitrogen and oxygen atoms in total. The van der Waals surface area contributed by atoms with Crippen LogP contribution < -0.4 is 10.2 Å². The Balaban J connectivity index is 1.39. The van der Waals surface area contributed by atoms with Crippen LogP contribution in [0.5, 0.6) is 0 Å². The normalized spacial score (nSPS) is 19.9. The summed E-state index contributed by atoms with van der Waals surface area (Å²) in [6, 6.07) is 2.36. The molecule has 178 valence electrons. The Labute approximate surface area is 200 Å². The first-order valence-electron chi connectivity index (χ1n) is 10.4. The van der Waals surface area contributed by atoms with Crippen molar-refractivity contribution in [3.8, 4) is 0 Å². The fraction of sp³-hybridized carbons (Fsp3) is 0.429. The molecule has 2 saturated heterocycles. The second kappa shape index (κ2) is 9.23. The summed E-state index contributed by atoms with van der Waals surface area (Å²) in [6.45, 7) is 1.81. The quantitative estimate of drug-likeness (QED) is 0.648. The largest absolute Gasteiger partial charge is 0.371 e. The molecule has 2 fully saturated rings. The van der Waals surface area contributed by atoms with Gasteiger partial charge in [-0.2, -0.15) is 0 Å². The van der Waals surface area contributed by atoms with Crippen LogP contribution in [0.3, 0.4) is 0 Å². The summed E-state index contributed by atoms with van der Waals surface area (Å²) in [6.07, 6.45) is 4.20. The van der Waals surface area contributed by atoms with Crippen LogP contribution in [0.15, 0.2) is 29.3 Å². The monoisotopic (exact) mass is 518 g/mol. The molecule has 1 unspecified atom stereocenters. The van der Waals surface area contributed by atoms with Crippen LogP contribution in [-0.2, 0) is 14.6 Å². The molecule has 1 aromatic heterocycles. The molecule has 0 bridgehead atoms. The zero-order chi connectivity index (χ0) is 23.9. The lowest BCUT2D eigenvalue weighted by Crippen LogP contribution is -2.47. The maximum Gasteiger partial charge on any atom is 0.245 e. The van der Waals surface area contributed by atoms with Crippen molar-refractivity contribution in [2.24, 2.45) is 0 Å². The lowest BCUT2D eigenvalue weighted by atomic mass is 10.0. The maximum atomic E-state index is 14.4. The molecule has 1 amide bonds. The Bertz CT molecular complexity index is 1190. The molecule has 2 aliphatic rings. The van der Waals surface area contributed by atoms with Gasteiger partial charge in [0.1, 0.15) is 28.4 Å². The van der Waals surface area contributed by atoms with Crippen molar-refractivity contribution in [3.63, 3.8) is 0 Å². The first-order chi connectivity index (χ1) is 15.5. The summed E-state index contributed by atoms with van der Waals surface area (Å²) in [4.78, 5) is 20.4. The minimum atomic E-state index is -3.90. The Hall–Kier alpha value is -2.17. The number of nitrogens with zero attached hydrogens (tertiary/aromatic N) is 3. The van der Waals surface area contributed by atoms with E-state index in [-0.39, 0.29) is 17.6 Å². The van der Waals surface area contributed by atoms with Crippen molar-refractivity contribution in [1.82, 2.24) is 9.88 Å². The predicted molar refractivity (Wildman–Crippen MR) is 123 cm³/mol. The van der Waals surface area contributed by atoms with Crippen LogP contribution >= 0.6 is 23.2 Å². The molecule has 1 atom stereocenters. The number of nitrogens with one attached hydrogen (secondary N) is 1. The third-order valence-electron chi connectivity index (χ3n) is 5.98. The molecule has 0 radical (unpaired) electrons. The van der Waals surface area contributed by atoms with Crippen molar-refractivity contribution >= 4 is 50.5 Å². The van der Waals surface area contributed by atoms with Gasteiger partial charge in [0.25, 0.3) is 0 Å². The summed E-state index contributed by atoms with van der Waals surface area (Å²) in [5, 5.41) is 3.67. The number of anilines is 2. The van der Waals surface area contributed by atoms with E-state index in [2.05, 4.69) is 10.3 Å². The van der Waals surface area contributed by atoms with Gasteiger partial charge in [0.15, 0.2) is 9.84 Å². The number of sulfone groups is 1. The number of piperidine rings is 1. The van der Waals surface area contributed by atoms with Crippen LogP contribution in [0.4, 0.5) is 20.3 Å². The van der Waals surface area contributed by atoms with E-state index in [1.54, 1.807) is 17.2 Å². The number of benzene rings is 1. The summed E-state index contributed by atoms with van der Waals surface area (Å²) in [5.41, 5.74) is -0.238. The third-order valence-corrected chi connectivity index (χ3v) is 7.58. The second-order valence-electron chi connectivity index (χ2n) is 8.23. The zero-order valence-electron chi connectivity index (χ0n) is 17.7. The van der Waals surface area contributed by atoms with Gasteiger partial charge in [-0.25, -0.2) is 22.2 Å². The number of hydrogen-bond donors (Lipinski definition) is 1. The van der Waals surface area contributed by atoms with E-state index in [1.807, 2.05) is 4.90 Å². The van der Waals surface area contributed by atoms with Crippen molar-refractivity contribution in [2.45, 2.75) is 36.2 Å². The summed E-state index contributed by atoms with van der Waals surface area (Å²) in [5.74, 6) is -1.53. The minimum absolute atomic E-state index is 0.0146. The van der Waals surface area contributed by atoms with Crippen molar-refractivity contribution in [2.75, 3.05) is 36.1 Å². The van der Waals surface area contributed by atoms with E-state index in [4.69, 9.17) is 23.2 Å². The van der Waals surface area contributed by atoms with Gasteiger partial charge in [0, 0.05) is 44.2 Å². The van der Waals surface area contributed by atoms with E-state index in [9.17, 15) is 22.0 Å². The number of carbonyl (C=O) groups excluding carboxylic acids is 1. The molecule has 0 spiro atoms. The first kappa shape index (κ1) is 24.0. The van der Waals surface area contributed by atoms with Gasteiger partial charge in [0.05, 0.1) is 15.7 Å². The van der Waals surface area contributed by atoms with Crippen molar-refractivity contribution in [1.29, 1.82) is 0 Å². The van der Waals surface area contributed by atoms with Gasteiger partial charge in [-0.05, 0) is 31.4 Å². The minimum Gasteiger partial charge on any atom is -0.371 e. The number of halogens is 4. The molecule has 4 rings (SSSR count). The Morgan fingerprint density at radius 1 is 1.06 bits per heavy atom. The van der Waals surface area contributed by atoms with Crippen LogP contribution in [-0.4, -0.2) is 62.2 Å². The van der Waals surface area contributed by atoms with Crippen molar-refractivity contribution in [3.05, 3.63) is 46.1 Å². The van der Waals surface area contributed by atoms with Crippen LogP contribution in [0.2, 0.25) is 10.0 Å². The van der Waals surface area contributed by atoms with E-state index in [0.29, 0.717) is 60.8 Å². The number of pyridine rings is 1. The van der Waals surface area contributed by atoms with Gasteiger partial charge in [-0.15, -0.1) is 0 Å². The Morgan fingerprint density at radius 3 is 2.39 bits per heavy atom. The second-order valence-corrected chi connectivity index (χ2v) is 11.1. The zero-order valence-corrected chi connectivity index (χ0v) is 20.0. The number of aromatic nitrogens is 1. The molecule has 1 aromatic carbocycles. The fourth-order valence-corrected chi connectivity index (χ4v) is 5.57. The van der Waals surface area contributed by atoms with Gasteiger partial charge >= 0.3 is 0 Å². The maximum absolute atomic E-state index is 14.4. The molecule has 1 N–H and O–H groups in total. The Morgan fingerprint density at radius 2 is 1.76 bits per heavy atom. The molecule has 2 aliphatic heterocycles. The van der Waals surface area contributed by atoms with E-state index < -0.39 is 32.4 Å².